The third-order valence-electron chi connectivity index (χ3n) is 4.82. The number of thioether (sulfide) groups is 1. The average Bonchev–Trinajstić information content (AvgIpc) is 2.74. The van der Waals surface area contributed by atoms with Crippen LogP contribution in [0.1, 0.15) is 5.56 Å². The molecule has 2 aromatic rings. The van der Waals surface area contributed by atoms with Gasteiger partial charge >= 0.3 is 0 Å². The molecule has 0 aliphatic carbocycles. The molecule has 2 aromatic carbocycles. The molecular formula is C21H21FN2O4S. The van der Waals surface area contributed by atoms with Crippen LogP contribution in [0.5, 0.6) is 11.5 Å². The number of hydrogen-bond donors (Lipinski definition) is 2. The van der Waals surface area contributed by atoms with Crippen LogP contribution in [0.3, 0.4) is 0 Å². The van der Waals surface area contributed by atoms with Gasteiger partial charge in [0.2, 0.25) is 11.8 Å². The van der Waals surface area contributed by atoms with E-state index >= 15 is 0 Å². The molecule has 0 bridgehead atoms. The lowest BCUT2D eigenvalue weighted by atomic mass is 10.1. The fourth-order valence-corrected chi connectivity index (χ4v) is 4.43. The molecule has 0 aromatic heterocycles. The first-order valence-electron chi connectivity index (χ1n) is 9.42. The number of benzene rings is 2. The number of fused-ring (bicyclic) bond motifs is 1. The molecule has 8 heteroatoms. The van der Waals surface area contributed by atoms with E-state index in [1.165, 1.54) is 17.8 Å². The van der Waals surface area contributed by atoms with Crippen LogP contribution in [-0.2, 0) is 16.0 Å². The maximum absolute atomic E-state index is 13.8. The van der Waals surface area contributed by atoms with Crippen LogP contribution in [0.25, 0.3) is 0 Å². The Kier molecular flexibility index (Phi) is 5.89. The van der Waals surface area contributed by atoms with Gasteiger partial charge in [-0.1, -0.05) is 30.3 Å². The molecule has 2 aliphatic heterocycles. The van der Waals surface area contributed by atoms with Gasteiger partial charge in [0.1, 0.15) is 24.6 Å². The van der Waals surface area contributed by atoms with Crippen molar-refractivity contribution in [1.29, 1.82) is 0 Å². The van der Waals surface area contributed by atoms with Gasteiger partial charge in [0.05, 0.1) is 11.8 Å². The number of amides is 2. The molecule has 2 heterocycles. The van der Waals surface area contributed by atoms with Gasteiger partial charge in [-0.05, 0) is 30.2 Å². The molecule has 0 radical (unpaired) electrons. The molecule has 6 nitrogen and oxygen atoms in total. The maximum atomic E-state index is 13.8. The topological polar surface area (TPSA) is 76.7 Å². The van der Waals surface area contributed by atoms with Crippen molar-refractivity contribution >= 4 is 23.6 Å². The van der Waals surface area contributed by atoms with Crippen molar-refractivity contribution in [3.63, 3.8) is 0 Å². The van der Waals surface area contributed by atoms with Crippen molar-refractivity contribution in [1.82, 2.24) is 10.6 Å². The molecule has 0 spiro atoms. The number of nitrogens with one attached hydrogen (secondary N) is 2. The highest BCUT2D eigenvalue weighted by atomic mass is 32.2. The van der Waals surface area contributed by atoms with Gasteiger partial charge in [-0.15, -0.1) is 11.8 Å². The Hall–Kier alpha value is -2.74. The second kappa shape index (κ2) is 8.73. The highest BCUT2D eigenvalue weighted by molar-refractivity contribution is 8.00. The Morgan fingerprint density at radius 3 is 2.72 bits per heavy atom. The van der Waals surface area contributed by atoms with E-state index in [-0.39, 0.29) is 30.3 Å². The minimum Gasteiger partial charge on any atom is -0.486 e. The second-order valence-electron chi connectivity index (χ2n) is 6.92. The Morgan fingerprint density at radius 2 is 1.93 bits per heavy atom. The SMILES string of the molecule is O=C(NC[C@@H]1COc2ccccc2O1)[C@H]1CS[C@H](Cc2ccccc2F)C(=O)N1. The smallest absolute Gasteiger partial charge is 0.243 e. The van der Waals surface area contributed by atoms with Crippen molar-refractivity contribution in [3.05, 3.63) is 59.9 Å². The van der Waals surface area contributed by atoms with Crippen molar-refractivity contribution in [2.24, 2.45) is 0 Å². The lowest BCUT2D eigenvalue weighted by molar-refractivity contribution is -0.128. The van der Waals surface area contributed by atoms with E-state index in [0.29, 0.717) is 35.8 Å². The van der Waals surface area contributed by atoms with Gasteiger partial charge < -0.3 is 20.1 Å². The predicted molar refractivity (Wildman–Crippen MR) is 108 cm³/mol. The largest absolute Gasteiger partial charge is 0.486 e. The summed E-state index contributed by atoms with van der Waals surface area (Å²) >= 11 is 1.37. The van der Waals surface area contributed by atoms with E-state index in [2.05, 4.69) is 10.6 Å². The fraction of sp³-hybridized carbons (Fsp3) is 0.333. The summed E-state index contributed by atoms with van der Waals surface area (Å²) in [4.78, 5) is 24.8. The number of carbonyl (C=O) groups is 2. The molecule has 152 valence electrons. The number of ether oxygens (including phenoxy) is 2. The summed E-state index contributed by atoms with van der Waals surface area (Å²) in [6.07, 6.45) is -0.000859. The van der Waals surface area contributed by atoms with E-state index < -0.39 is 11.3 Å². The maximum Gasteiger partial charge on any atom is 0.243 e. The Morgan fingerprint density at radius 1 is 1.17 bits per heavy atom. The monoisotopic (exact) mass is 416 g/mol. The molecule has 1 fully saturated rings. The molecule has 2 amide bonds. The molecule has 1 saturated heterocycles. The van der Waals surface area contributed by atoms with Crippen LogP contribution in [-0.4, -0.2) is 48.1 Å². The van der Waals surface area contributed by atoms with Gasteiger partial charge in [-0.25, -0.2) is 4.39 Å². The molecule has 3 atom stereocenters. The summed E-state index contributed by atoms with van der Waals surface area (Å²) in [5, 5.41) is 5.14. The van der Waals surface area contributed by atoms with Crippen LogP contribution in [0, 0.1) is 5.82 Å². The third-order valence-corrected chi connectivity index (χ3v) is 6.13. The zero-order chi connectivity index (χ0) is 20.2. The first-order chi connectivity index (χ1) is 14.1. The zero-order valence-electron chi connectivity index (χ0n) is 15.6. The molecule has 0 saturated carbocycles. The van der Waals surface area contributed by atoms with Crippen LogP contribution in [0.15, 0.2) is 48.5 Å². The lowest BCUT2D eigenvalue weighted by Crippen LogP contribution is -2.55. The molecular weight excluding hydrogens is 395 g/mol. The number of halogens is 1. The van der Waals surface area contributed by atoms with Gasteiger partial charge in [0.25, 0.3) is 0 Å². The first kappa shape index (κ1) is 19.6. The van der Waals surface area contributed by atoms with Crippen molar-refractivity contribution < 1.29 is 23.5 Å². The standard InChI is InChI=1S/C21H21FN2O4S/c22-15-6-2-1-5-13(15)9-19-21(26)24-16(12-29-19)20(25)23-10-14-11-27-17-7-3-4-8-18(17)28-14/h1-8,14,16,19H,9-12H2,(H,23,25)(H,24,26)/t14-,16-,19-/m1/s1. The molecule has 2 N–H and O–H groups in total. The Balaban J connectivity index is 1.26. The van der Waals surface area contributed by atoms with Gasteiger partial charge in [0, 0.05) is 5.75 Å². The Bertz CT molecular complexity index is 910. The molecule has 29 heavy (non-hydrogen) atoms. The first-order valence-corrected chi connectivity index (χ1v) is 10.5. The number of hydrogen-bond acceptors (Lipinski definition) is 5. The highest BCUT2D eigenvalue weighted by Gasteiger charge is 2.33. The van der Waals surface area contributed by atoms with E-state index in [0.717, 1.165) is 0 Å². The quantitative estimate of drug-likeness (QED) is 0.779. The van der Waals surface area contributed by atoms with Crippen molar-refractivity contribution in [3.8, 4) is 11.5 Å². The second-order valence-corrected chi connectivity index (χ2v) is 8.16. The molecule has 2 aliphatic rings. The van der Waals surface area contributed by atoms with E-state index in [4.69, 9.17) is 9.47 Å². The van der Waals surface area contributed by atoms with Crippen LogP contribution >= 0.6 is 11.8 Å². The average molecular weight is 416 g/mol. The normalized spacial score (nSPS) is 23.2. The van der Waals surface area contributed by atoms with Crippen molar-refractivity contribution in [2.75, 3.05) is 18.9 Å². The van der Waals surface area contributed by atoms with E-state index in [9.17, 15) is 14.0 Å². The lowest BCUT2D eigenvalue weighted by Gasteiger charge is -2.30. The minimum absolute atomic E-state index is 0.254. The predicted octanol–water partition coefficient (Wildman–Crippen LogP) is 1.92. The summed E-state index contributed by atoms with van der Waals surface area (Å²) in [6, 6.07) is 13.2. The van der Waals surface area contributed by atoms with E-state index in [1.54, 1.807) is 18.2 Å². The summed E-state index contributed by atoms with van der Waals surface area (Å²) < 4.78 is 25.3. The highest BCUT2D eigenvalue weighted by Crippen LogP contribution is 2.30. The number of para-hydroxylation sites is 2. The summed E-state index contributed by atoms with van der Waals surface area (Å²) in [7, 11) is 0. The fourth-order valence-electron chi connectivity index (χ4n) is 3.25. The van der Waals surface area contributed by atoms with Gasteiger partial charge in [0.15, 0.2) is 11.5 Å². The van der Waals surface area contributed by atoms with Gasteiger partial charge in [-0.2, -0.15) is 0 Å². The zero-order valence-corrected chi connectivity index (χ0v) is 16.4. The summed E-state index contributed by atoms with van der Waals surface area (Å²) in [5.74, 6) is 0.926. The molecule has 0 unspecified atom stereocenters. The van der Waals surface area contributed by atoms with E-state index in [1.807, 2.05) is 24.3 Å². The third kappa shape index (κ3) is 4.64. The summed E-state index contributed by atoms with van der Waals surface area (Å²) in [6.45, 7) is 0.622. The van der Waals surface area contributed by atoms with Crippen LogP contribution in [0.4, 0.5) is 4.39 Å². The summed E-state index contributed by atoms with van der Waals surface area (Å²) in [5.41, 5.74) is 0.498. The van der Waals surface area contributed by atoms with Crippen LogP contribution in [0.2, 0.25) is 0 Å². The minimum atomic E-state index is -0.624. The van der Waals surface area contributed by atoms with Crippen molar-refractivity contribution in [2.45, 2.75) is 23.8 Å². The van der Waals surface area contributed by atoms with Crippen LogP contribution < -0.4 is 20.1 Å². The Labute approximate surface area is 172 Å². The number of carbonyl (C=O) groups excluding carboxylic acids is 2. The molecule has 4 rings (SSSR count). The number of rotatable bonds is 5. The van der Waals surface area contributed by atoms with Gasteiger partial charge in [-0.3, -0.25) is 9.59 Å².